The molecular formula is C15H26N2O3S. The lowest BCUT2D eigenvalue weighted by atomic mass is 9.77. The highest BCUT2D eigenvalue weighted by Gasteiger charge is 2.28. The Kier molecular flexibility index (Phi) is 6.19. The lowest BCUT2D eigenvalue weighted by Gasteiger charge is -2.30. The Balaban J connectivity index is 2.86. The average Bonchev–Trinajstić information content (AvgIpc) is 2.46. The quantitative estimate of drug-likeness (QED) is 0.800. The van der Waals surface area contributed by atoms with Gasteiger partial charge in [-0.2, -0.15) is 12.7 Å². The summed E-state index contributed by atoms with van der Waals surface area (Å²) >= 11 is 0. The molecule has 1 rings (SSSR count). The summed E-state index contributed by atoms with van der Waals surface area (Å²) in [4.78, 5) is 0. The Morgan fingerprint density at radius 2 is 1.90 bits per heavy atom. The van der Waals surface area contributed by atoms with Crippen LogP contribution in [0.15, 0.2) is 24.3 Å². The van der Waals surface area contributed by atoms with Gasteiger partial charge in [0.15, 0.2) is 0 Å². The van der Waals surface area contributed by atoms with E-state index in [4.69, 9.17) is 4.74 Å². The molecule has 1 aromatic rings. The maximum atomic E-state index is 11.8. The molecule has 6 heteroatoms. The monoisotopic (exact) mass is 314 g/mol. The zero-order valence-electron chi connectivity index (χ0n) is 13.5. The van der Waals surface area contributed by atoms with E-state index in [0.29, 0.717) is 13.0 Å². The van der Waals surface area contributed by atoms with E-state index >= 15 is 0 Å². The van der Waals surface area contributed by atoms with Gasteiger partial charge >= 0.3 is 0 Å². The fraction of sp³-hybridized carbons (Fsp3) is 0.600. The van der Waals surface area contributed by atoms with Crippen LogP contribution >= 0.6 is 0 Å². The highest BCUT2D eigenvalue weighted by molar-refractivity contribution is 7.87. The van der Waals surface area contributed by atoms with E-state index < -0.39 is 10.2 Å². The molecule has 0 aliphatic rings. The maximum absolute atomic E-state index is 11.8. The van der Waals surface area contributed by atoms with Crippen LogP contribution in [0, 0.1) is 0 Å². The van der Waals surface area contributed by atoms with Crippen molar-refractivity contribution in [2.45, 2.75) is 32.1 Å². The lowest BCUT2D eigenvalue weighted by molar-refractivity contribution is 0.365. The van der Waals surface area contributed by atoms with E-state index in [2.05, 4.69) is 18.6 Å². The van der Waals surface area contributed by atoms with Gasteiger partial charge in [-0.25, -0.2) is 4.72 Å². The van der Waals surface area contributed by atoms with Crippen LogP contribution in [0.5, 0.6) is 5.75 Å². The first-order valence-electron chi connectivity index (χ1n) is 7.07. The van der Waals surface area contributed by atoms with Crippen LogP contribution in [0.25, 0.3) is 0 Å². The highest BCUT2D eigenvalue weighted by Crippen LogP contribution is 2.36. The van der Waals surface area contributed by atoms with E-state index in [1.165, 1.54) is 18.4 Å². The zero-order chi connectivity index (χ0) is 16.1. The first-order valence-corrected chi connectivity index (χ1v) is 8.51. The van der Waals surface area contributed by atoms with Crippen molar-refractivity contribution in [2.75, 3.05) is 27.7 Å². The minimum atomic E-state index is -3.37. The summed E-state index contributed by atoms with van der Waals surface area (Å²) in [5.41, 5.74) is 0.973. The first kappa shape index (κ1) is 17.9. The molecular weight excluding hydrogens is 288 g/mol. The molecule has 0 radical (unpaired) electrons. The number of nitrogens with zero attached hydrogens (tertiary/aromatic N) is 1. The first-order chi connectivity index (χ1) is 9.77. The number of hydrogen-bond donors (Lipinski definition) is 1. The molecule has 120 valence electrons. The summed E-state index contributed by atoms with van der Waals surface area (Å²) < 4.78 is 32.7. The van der Waals surface area contributed by atoms with Gasteiger partial charge in [0.25, 0.3) is 10.2 Å². The van der Waals surface area contributed by atoms with Gasteiger partial charge in [-0.05, 0) is 24.3 Å². The number of hydrogen-bond acceptors (Lipinski definition) is 3. The van der Waals surface area contributed by atoms with Crippen LogP contribution in [0.4, 0.5) is 0 Å². The van der Waals surface area contributed by atoms with Crippen molar-refractivity contribution in [3.8, 4) is 5.75 Å². The molecule has 5 nitrogen and oxygen atoms in total. The van der Waals surface area contributed by atoms with Crippen molar-refractivity contribution in [3.63, 3.8) is 0 Å². The normalized spacial score (nSPS) is 15.0. The molecule has 0 unspecified atom stereocenters. The Labute approximate surface area is 128 Å². The number of methoxy groups -OCH3 is 1. The van der Waals surface area contributed by atoms with E-state index in [1.54, 1.807) is 7.11 Å². The molecule has 0 aromatic heterocycles. The second-order valence-electron chi connectivity index (χ2n) is 5.55. The van der Waals surface area contributed by atoms with Gasteiger partial charge in [0.2, 0.25) is 0 Å². The van der Waals surface area contributed by atoms with Crippen LogP contribution in [0.1, 0.15) is 32.3 Å². The highest BCUT2D eigenvalue weighted by atomic mass is 32.2. The molecule has 0 saturated heterocycles. The summed E-state index contributed by atoms with van der Waals surface area (Å²) in [6.07, 6.45) is 1.61. The van der Waals surface area contributed by atoms with Gasteiger partial charge in [0.1, 0.15) is 5.75 Å². The molecule has 0 heterocycles. The molecule has 1 N–H and O–H groups in total. The number of nitrogens with one attached hydrogen (secondary N) is 1. The molecule has 1 atom stereocenters. The maximum Gasteiger partial charge on any atom is 0.278 e. The number of rotatable bonds is 8. The van der Waals surface area contributed by atoms with Crippen molar-refractivity contribution in [3.05, 3.63) is 29.8 Å². The third kappa shape index (κ3) is 4.43. The van der Waals surface area contributed by atoms with Crippen molar-refractivity contribution in [2.24, 2.45) is 0 Å². The van der Waals surface area contributed by atoms with E-state index in [9.17, 15) is 8.42 Å². The topological polar surface area (TPSA) is 58.6 Å². The average molecular weight is 314 g/mol. The largest absolute Gasteiger partial charge is 0.496 e. The summed E-state index contributed by atoms with van der Waals surface area (Å²) in [6.45, 7) is 4.63. The van der Waals surface area contributed by atoms with Crippen LogP contribution in [-0.2, 0) is 15.6 Å². The summed E-state index contributed by atoms with van der Waals surface area (Å²) in [7, 11) is 1.31. The summed E-state index contributed by atoms with van der Waals surface area (Å²) in [6, 6.07) is 7.90. The lowest BCUT2D eigenvalue weighted by Crippen LogP contribution is -2.38. The van der Waals surface area contributed by atoms with Gasteiger partial charge in [-0.1, -0.05) is 32.0 Å². The van der Waals surface area contributed by atoms with Gasteiger partial charge in [-0.15, -0.1) is 0 Å². The molecule has 0 amide bonds. The summed E-state index contributed by atoms with van der Waals surface area (Å²) in [5, 5.41) is 0. The van der Waals surface area contributed by atoms with Gasteiger partial charge < -0.3 is 4.74 Å². The van der Waals surface area contributed by atoms with Crippen molar-refractivity contribution < 1.29 is 13.2 Å². The van der Waals surface area contributed by atoms with E-state index in [1.807, 2.05) is 24.3 Å². The molecule has 0 spiro atoms. The Hall–Kier alpha value is -1.11. The van der Waals surface area contributed by atoms with Crippen LogP contribution < -0.4 is 9.46 Å². The smallest absolute Gasteiger partial charge is 0.278 e. The molecule has 1 aromatic carbocycles. The fourth-order valence-electron chi connectivity index (χ4n) is 2.23. The molecule has 0 aliphatic carbocycles. The molecule has 0 saturated carbocycles. The molecule has 0 aliphatic heterocycles. The standard InChI is InChI=1S/C15H26N2O3S/c1-6-15(2,11-12-16-21(18,19)17(3)4)13-9-7-8-10-14(13)20-5/h7-10,16H,6,11-12H2,1-5H3/t15-/m0/s1. The van der Waals surface area contributed by atoms with Gasteiger partial charge in [-0.3, -0.25) is 0 Å². The van der Waals surface area contributed by atoms with Gasteiger partial charge in [0.05, 0.1) is 7.11 Å². The van der Waals surface area contributed by atoms with Crippen molar-refractivity contribution in [1.82, 2.24) is 9.03 Å². The second kappa shape index (κ2) is 7.24. The molecule has 0 bridgehead atoms. The summed E-state index contributed by atoms with van der Waals surface area (Å²) in [5.74, 6) is 0.845. The Morgan fingerprint density at radius 1 is 1.29 bits per heavy atom. The van der Waals surface area contributed by atoms with Crippen LogP contribution in [0.3, 0.4) is 0 Å². The fourth-order valence-corrected chi connectivity index (χ4v) is 2.85. The van der Waals surface area contributed by atoms with Crippen LogP contribution in [-0.4, -0.2) is 40.5 Å². The number of para-hydroxylation sites is 1. The molecule has 21 heavy (non-hydrogen) atoms. The van der Waals surface area contributed by atoms with E-state index in [-0.39, 0.29) is 5.41 Å². The Morgan fingerprint density at radius 3 is 2.43 bits per heavy atom. The number of benzene rings is 1. The van der Waals surface area contributed by atoms with Crippen LogP contribution in [0.2, 0.25) is 0 Å². The molecule has 0 fully saturated rings. The second-order valence-corrected chi connectivity index (χ2v) is 7.52. The van der Waals surface area contributed by atoms with Gasteiger partial charge in [0, 0.05) is 26.2 Å². The Bertz CT molecular complexity index is 558. The number of ether oxygens (including phenoxy) is 1. The minimum Gasteiger partial charge on any atom is -0.496 e. The van der Waals surface area contributed by atoms with E-state index in [0.717, 1.165) is 17.7 Å². The van der Waals surface area contributed by atoms with Crippen molar-refractivity contribution >= 4 is 10.2 Å². The SMILES string of the molecule is CC[C@@](C)(CCNS(=O)(=O)N(C)C)c1ccccc1OC. The minimum absolute atomic E-state index is 0.137. The predicted octanol–water partition coefficient (Wildman–Crippen LogP) is 2.15. The predicted molar refractivity (Wildman–Crippen MR) is 85.9 cm³/mol. The third-order valence-corrected chi connectivity index (χ3v) is 5.51. The van der Waals surface area contributed by atoms with Crippen molar-refractivity contribution in [1.29, 1.82) is 0 Å². The third-order valence-electron chi connectivity index (χ3n) is 3.98. The zero-order valence-corrected chi connectivity index (χ0v) is 14.3.